The van der Waals surface area contributed by atoms with Gasteiger partial charge in [0, 0.05) is 47.2 Å². The summed E-state index contributed by atoms with van der Waals surface area (Å²) >= 11 is 3.39. The van der Waals surface area contributed by atoms with Gasteiger partial charge in [-0.2, -0.15) is 0 Å². The molecule has 4 rings (SSSR count). The first-order valence-electron chi connectivity index (χ1n) is 10.7. The Morgan fingerprint density at radius 2 is 2.00 bits per heavy atom. The standard InChI is InChI=1S/C24H25BrFN3O3/c25-18-6-3-15(4-7-18)10-20(27-24(31)32)13-23(30)29-9-1-2-17(14-29)21-11-16-5-8-19(26)12-22(16)28-21/h3-8,11-12,17,20,27-28H,1-2,9-10,13-14H2,(H,31,32)/t17?,20-/m1/s1. The maximum Gasteiger partial charge on any atom is 0.404 e. The largest absolute Gasteiger partial charge is 0.465 e. The van der Waals surface area contributed by atoms with E-state index in [1.807, 2.05) is 35.2 Å². The molecule has 3 N–H and O–H groups in total. The van der Waals surface area contributed by atoms with Gasteiger partial charge in [0.05, 0.1) is 0 Å². The first-order chi connectivity index (χ1) is 15.4. The minimum atomic E-state index is -1.14. The van der Waals surface area contributed by atoms with Crippen LogP contribution in [0.3, 0.4) is 0 Å². The van der Waals surface area contributed by atoms with Crippen LogP contribution in [0.15, 0.2) is 53.0 Å². The lowest BCUT2D eigenvalue weighted by Crippen LogP contribution is -2.44. The lowest BCUT2D eigenvalue weighted by atomic mass is 9.94. The smallest absolute Gasteiger partial charge is 0.404 e. The summed E-state index contributed by atoms with van der Waals surface area (Å²) in [5.74, 6) is -0.206. The van der Waals surface area contributed by atoms with Gasteiger partial charge in [-0.05, 0) is 66.6 Å². The number of fused-ring (bicyclic) bond motifs is 1. The topological polar surface area (TPSA) is 85.4 Å². The van der Waals surface area contributed by atoms with Crippen LogP contribution < -0.4 is 5.32 Å². The summed E-state index contributed by atoms with van der Waals surface area (Å²) in [6, 6.07) is 13.8. The number of amides is 2. The number of rotatable bonds is 6. The zero-order valence-electron chi connectivity index (χ0n) is 17.5. The van der Waals surface area contributed by atoms with Crippen molar-refractivity contribution in [3.05, 3.63) is 70.1 Å². The van der Waals surface area contributed by atoms with Crippen molar-refractivity contribution in [2.24, 2.45) is 0 Å². The van der Waals surface area contributed by atoms with Crippen molar-refractivity contribution in [3.63, 3.8) is 0 Å². The highest BCUT2D eigenvalue weighted by Crippen LogP contribution is 2.29. The van der Waals surface area contributed by atoms with Gasteiger partial charge in [-0.15, -0.1) is 0 Å². The number of aromatic nitrogens is 1. The van der Waals surface area contributed by atoms with Crippen molar-refractivity contribution in [3.8, 4) is 0 Å². The van der Waals surface area contributed by atoms with Crippen LogP contribution in [-0.2, 0) is 11.2 Å². The highest BCUT2D eigenvalue weighted by molar-refractivity contribution is 9.10. The molecule has 6 nitrogen and oxygen atoms in total. The van der Waals surface area contributed by atoms with Gasteiger partial charge in [0.1, 0.15) is 5.82 Å². The molecule has 3 aromatic rings. The van der Waals surface area contributed by atoms with Crippen molar-refractivity contribution in [2.45, 2.75) is 37.6 Å². The van der Waals surface area contributed by atoms with Crippen molar-refractivity contribution in [2.75, 3.05) is 13.1 Å². The van der Waals surface area contributed by atoms with E-state index in [9.17, 15) is 19.1 Å². The third-order valence-electron chi connectivity index (χ3n) is 5.96. The van der Waals surface area contributed by atoms with E-state index in [0.717, 1.165) is 39.5 Å². The fourth-order valence-electron chi connectivity index (χ4n) is 4.39. The van der Waals surface area contributed by atoms with E-state index in [4.69, 9.17) is 0 Å². The SMILES string of the molecule is O=C(O)N[C@@H](CC(=O)N1CCCC(c2cc3ccc(F)cc3[nH]2)C1)Cc1ccc(Br)cc1. The minimum absolute atomic E-state index is 0.0623. The second-order valence-electron chi connectivity index (χ2n) is 8.32. The molecule has 2 heterocycles. The maximum absolute atomic E-state index is 13.5. The number of carbonyl (C=O) groups is 2. The molecular formula is C24H25BrFN3O3. The molecule has 1 saturated heterocycles. The molecule has 8 heteroatoms. The molecule has 0 bridgehead atoms. The number of benzene rings is 2. The van der Waals surface area contributed by atoms with Crippen LogP contribution in [-0.4, -0.2) is 46.1 Å². The predicted molar refractivity (Wildman–Crippen MR) is 124 cm³/mol. The molecule has 0 spiro atoms. The van der Waals surface area contributed by atoms with Crippen LogP contribution in [0.25, 0.3) is 10.9 Å². The number of hydrogen-bond donors (Lipinski definition) is 3. The van der Waals surface area contributed by atoms with E-state index >= 15 is 0 Å². The van der Waals surface area contributed by atoms with Gasteiger partial charge in [0.15, 0.2) is 0 Å². The highest BCUT2D eigenvalue weighted by Gasteiger charge is 2.28. The lowest BCUT2D eigenvalue weighted by molar-refractivity contribution is -0.132. The van der Waals surface area contributed by atoms with E-state index in [2.05, 4.69) is 26.2 Å². The molecular weight excluding hydrogens is 477 g/mol. The molecule has 1 aliphatic heterocycles. The van der Waals surface area contributed by atoms with Gasteiger partial charge in [-0.25, -0.2) is 9.18 Å². The molecule has 1 unspecified atom stereocenters. The fourth-order valence-corrected chi connectivity index (χ4v) is 4.66. The molecule has 32 heavy (non-hydrogen) atoms. The first-order valence-corrected chi connectivity index (χ1v) is 11.5. The van der Waals surface area contributed by atoms with E-state index in [1.54, 1.807) is 6.07 Å². The molecule has 1 aromatic heterocycles. The quantitative estimate of drug-likeness (QED) is 0.442. The van der Waals surface area contributed by atoms with Gasteiger partial charge >= 0.3 is 6.09 Å². The lowest BCUT2D eigenvalue weighted by Gasteiger charge is -2.33. The Morgan fingerprint density at radius 3 is 2.75 bits per heavy atom. The van der Waals surface area contributed by atoms with Gasteiger partial charge < -0.3 is 20.3 Å². The molecule has 2 amide bonds. The van der Waals surface area contributed by atoms with Crippen LogP contribution in [0.2, 0.25) is 0 Å². The van der Waals surface area contributed by atoms with Gasteiger partial charge in [0.2, 0.25) is 5.91 Å². The summed E-state index contributed by atoms with van der Waals surface area (Å²) in [7, 11) is 0. The molecule has 168 valence electrons. The number of nitrogens with one attached hydrogen (secondary N) is 2. The number of piperidine rings is 1. The molecule has 0 radical (unpaired) electrons. The number of H-pyrrole nitrogens is 1. The number of likely N-dealkylation sites (tertiary alicyclic amines) is 1. The van der Waals surface area contributed by atoms with Crippen LogP contribution in [0.1, 0.15) is 36.4 Å². The summed E-state index contributed by atoms with van der Waals surface area (Å²) in [6.07, 6.45) is 1.21. The third-order valence-corrected chi connectivity index (χ3v) is 6.49. The summed E-state index contributed by atoms with van der Waals surface area (Å²) < 4.78 is 14.5. The molecule has 0 aliphatic carbocycles. The Bertz CT molecular complexity index is 1120. The second kappa shape index (κ2) is 9.73. The van der Waals surface area contributed by atoms with E-state index in [-0.39, 0.29) is 24.1 Å². The summed E-state index contributed by atoms with van der Waals surface area (Å²) in [4.78, 5) is 29.5. The summed E-state index contributed by atoms with van der Waals surface area (Å²) in [5, 5.41) is 12.7. The minimum Gasteiger partial charge on any atom is -0.465 e. The van der Waals surface area contributed by atoms with Gasteiger partial charge in [0.25, 0.3) is 0 Å². The van der Waals surface area contributed by atoms with Crippen LogP contribution in [0.4, 0.5) is 9.18 Å². The van der Waals surface area contributed by atoms with Crippen molar-refractivity contribution < 1.29 is 19.1 Å². The highest BCUT2D eigenvalue weighted by atomic mass is 79.9. The van der Waals surface area contributed by atoms with Crippen LogP contribution >= 0.6 is 15.9 Å². The zero-order valence-corrected chi connectivity index (χ0v) is 19.1. The zero-order chi connectivity index (χ0) is 22.7. The van der Waals surface area contributed by atoms with Crippen molar-refractivity contribution >= 4 is 38.8 Å². The van der Waals surface area contributed by atoms with Crippen molar-refractivity contribution in [1.82, 2.24) is 15.2 Å². The van der Waals surface area contributed by atoms with E-state index in [1.165, 1.54) is 12.1 Å². The molecule has 1 fully saturated rings. The van der Waals surface area contributed by atoms with E-state index < -0.39 is 12.1 Å². The number of nitrogens with zero attached hydrogens (tertiary/aromatic N) is 1. The first kappa shape index (κ1) is 22.3. The molecule has 2 atom stereocenters. The third kappa shape index (κ3) is 5.48. The normalized spacial score (nSPS) is 17.3. The average Bonchev–Trinajstić information content (AvgIpc) is 3.18. The van der Waals surface area contributed by atoms with Crippen LogP contribution in [0.5, 0.6) is 0 Å². The summed E-state index contributed by atoms with van der Waals surface area (Å²) in [5.41, 5.74) is 2.71. The summed E-state index contributed by atoms with van der Waals surface area (Å²) in [6.45, 7) is 1.22. The molecule has 2 aromatic carbocycles. The number of hydrogen-bond acceptors (Lipinski definition) is 2. The molecule has 1 aliphatic rings. The van der Waals surface area contributed by atoms with Crippen LogP contribution in [0, 0.1) is 5.82 Å². The predicted octanol–water partition coefficient (Wildman–Crippen LogP) is 5.04. The van der Waals surface area contributed by atoms with Crippen molar-refractivity contribution in [1.29, 1.82) is 0 Å². The fraction of sp³-hybridized carbons (Fsp3) is 0.333. The monoisotopic (exact) mass is 501 g/mol. The average molecular weight is 502 g/mol. The number of carboxylic acid groups (broad SMARTS) is 1. The molecule has 0 saturated carbocycles. The number of carbonyl (C=O) groups excluding carboxylic acids is 1. The number of aromatic amines is 1. The number of halogens is 2. The van der Waals surface area contributed by atoms with Gasteiger partial charge in [-0.1, -0.05) is 28.1 Å². The van der Waals surface area contributed by atoms with Gasteiger partial charge in [-0.3, -0.25) is 4.79 Å². The maximum atomic E-state index is 13.5. The Morgan fingerprint density at radius 1 is 1.22 bits per heavy atom. The van der Waals surface area contributed by atoms with E-state index in [0.29, 0.717) is 19.5 Å². The Kier molecular flexibility index (Phi) is 6.79. The second-order valence-corrected chi connectivity index (χ2v) is 9.23. The Labute approximate surface area is 193 Å². The Balaban J connectivity index is 1.43. The Hall–Kier alpha value is -2.87.